The van der Waals surface area contributed by atoms with Crippen LogP contribution in [0.5, 0.6) is 11.5 Å². The van der Waals surface area contributed by atoms with Crippen LogP contribution in [0.15, 0.2) is 59.1 Å². The van der Waals surface area contributed by atoms with Gasteiger partial charge < -0.3 is 36.2 Å². The number of Topliss-reactive ketones (excluding diaryl/α,β-unsaturated/α-hetero) is 2. The lowest BCUT2D eigenvalue weighted by atomic mass is 9.60. The van der Waals surface area contributed by atoms with Gasteiger partial charge in [-0.1, -0.05) is 30.3 Å². The number of fused-ring (bicyclic) bond motifs is 3. The first-order chi connectivity index (χ1) is 18.6. The first kappa shape index (κ1) is 26.5. The second-order valence-corrected chi connectivity index (χ2v) is 10.3. The third kappa shape index (κ3) is 4.16. The van der Waals surface area contributed by atoms with Crippen molar-refractivity contribution in [1.29, 1.82) is 0 Å². The molecule has 0 bridgehead atoms. The van der Waals surface area contributed by atoms with Crippen LogP contribution in [0.25, 0.3) is 0 Å². The van der Waals surface area contributed by atoms with Crippen molar-refractivity contribution < 1.29 is 39.5 Å². The Morgan fingerprint density at radius 1 is 1.15 bits per heavy atom. The molecule has 3 atom stereocenters. The molecule has 0 spiro atoms. The van der Waals surface area contributed by atoms with E-state index in [0.717, 1.165) is 6.42 Å². The molecule has 0 aromatic heterocycles. The number of carbonyl (C=O) groups excluding carboxylic acids is 3. The predicted octanol–water partition coefficient (Wildman–Crippen LogP) is 1.92. The van der Waals surface area contributed by atoms with Gasteiger partial charge >= 0.3 is 0 Å². The normalized spacial score (nSPS) is 24.3. The Morgan fingerprint density at radius 3 is 2.54 bits per heavy atom. The van der Waals surface area contributed by atoms with Crippen LogP contribution in [0.1, 0.15) is 39.9 Å². The van der Waals surface area contributed by atoms with Crippen LogP contribution < -0.4 is 15.8 Å². The molecule has 0 saturated heterocycles. The number of nitrogens with two attached hydrogens (primary N) is 1. The van der Waals surface area contributed by atoms with Gasteiger partial charge in [0.2, 0.25) is 5.78 Å². The molecule has 0 fully saturated rings. The molecule has 2 aromatic rings. The van der Waals surface area contributed by atoms with Gasteiger partial charge in [-0.3, -0.25) is 14.4 Å². The Morgan fingerprint density at radius 2 is 1.87 bits per heavy atom. The minimum absolute atomic E-state index is 0.0619. The number of amides is 1. The zero-order valence-electron chi connectivity index (χ0n) is 21.4. The zero-order valence-corrected chi connectivity index (χ0v) is 21.4. The number of ketones is 2. The lowest BCUT2D eigenvalue weighted by Gasteiger charge is -2.45. The lowest BCUT2D eigenvalue weighted by molar-refractivity contribution is -0.144. The van der Waals surface area contributed by atoms with Crippen molar-refractivity contribution in [2.45, 2.75) is 37.8 Å². The number of allylic oxidation sites excluding steroid dienone is 2. The van der Waals surface area contributed by atoms with Gasteiger partial charge in [-0.2, -0.15) is 0 Å². The second kappa shape index (κ2) is 9.87. The molecular weight excluding hydrogens is 504 g/mol. The molecule has 1 amide bonds. The van der Waals surface area contributed by atoms with Gasteiger partial charge in [0.25, 0.3) is 5.91 Å². The highest BCUT2D eigenvalue weighted by molar-refractivity contribution is 6.24. The number of ether oxygens (including phenoxy) is 1. The van der Waals surface area contributed by atoms with E-state index in [9.17, 15) is 34.8 Å². The number of primary amides is 1. The summed E-state index contributed by atoms with van der Waals surface area (Å²) in [5.41, 5.74) is 3.87. The maximum absolute atomic E-state index is 13.7. The van der Waals surface area contributed by atoms with Crippen molar-refractivity contribution in [2.24, 2.45) is 17.6 Å². The number of phenolic OH excluding ortho intramolecular Hbond substituents is 1. The summed E-state index contributed by atoms with van der Waals surface area (Å²) in [7, 11) is 1.47. The maximum atomic E-state index is 13.7. The summed E-state index contributed by atoms with van der Waals surface area (Å²) in [5, 5.41) is 47.0. The van der Waals surface area contributed by atoms with Crippen molar-refractivity contribution in [3.05, 3.63) is 81.3 Å². The van der Waals surface area contributed by atoms with Crippen LogP contribution in [0, 0.1) is 11.8 Å². The summed E-state index contributed by atoms with van der Waals surface area (Å²) in [6, 6.07) is 11.4. The molecule has 5 rings (SSSR count). The lowest BCUT2D eigenvalue weighted by Crippen LogP contribution is -2.57. The SMILES string of the molecule is COc1c(CNCCc2ccccc2)cc(O)c2c1CC1C[C@H]3CC(O)=C(C(N)=O)C(=O)[C@@]3(O)C(O)=C1C2=O. The number of methoxy groups -OCH3 is 1. The highest BCUT2D eigenvalue weighted by atomic mass is 16.5. The van der Waals surface area contributed by atoms with Gasteiger partial charge in [-0.25, -0.2) is 0 Å². The Labute approximate surface area is 224 Å². The van der Waals surface area contributed by atoms with Gasteiger partial charge in [-0.05, 0) is 43.4 Å². The summed E-state index contributed by atoms with van der Waals surface area (Å²) < 4.78 is 5.69. The summed E-state index contributed by atoms with van der Waals surface area (Å²) in [6.45, 7) is 1.04. The maximum Gasteiger partial charge on any atom is 0.255 e. The Balaban J connectivity index is 1.48. The van der Waals surface area contributed by atoms with Crippen LogP contribution >= 0.6 is 0 Å². The molecule has 7 N–H and O–H groups in total. The molecule has 3 aliphatic carbocycles. The largest absolute Gasteiger partial charge is 0.511 e. The van der Waals surface area contributed by atoms with Gasteiger partial charge in [0.05, 0.1) is 12.7 Å². The van der Waals surface area contributed by atoms with Crippen LogP contribution in [-0.4, -0.2) is 57.2 Å². The van der Waals surface area contributed by atoms with E-state index in [0.29, 0.717) is 30.0 Å². The van der Waals surface area contributed by atoms with E-state index in [1.807, 2.05) is 30.3 Å². The van der Waals surface area contributed by atoms with Crippen molar-refractivity contribution in [2.75, 3.05) is 13.7 Å². The first-order valence-corrected chi connectivity index (χ1v) is 12.7. The number of hydrogen-bond acceptors (Lipinski definition) is 9. The number of benzene rings is 2. The number of nitrogens with one attached hydrogen (secondary N) is 1. The summed E-state index contributed by atoms with van der Waals surface area (Å²) >= 11 is 0. The van der Waals surface area contributed by atoms with Crippen LogP contribution in [-0.2, 0) is 29.0 Å². The van der Waals surface area contributed by atoms with Crippen LogP contribution in [0.3, 0.4) is 0 Å². The van der Waals surface area contributed by atoms with Crippen LogP contribution in [0.2, 0.25) is 0 Å². The standard InChI is InChI=1S/C29H30N2O8/c1-39-25-16(13-31-8-7-14-5-3-2-4-6-14)11-19(32)22-18(25)10-15-9-17-12-20(33)23(28(30)37)27(36)29(17,38)26(35)21(15)24(22)34/h2-6,11,15,17,31-33,35,38H,7-10,12-13H2,1H3,(H2,30,37)/t15?,17-,29-/m0/s1. The van der Waals surface area contributed by atoms with E-state index >= 15 is 0 Å². The Bertz CT molecular complexity index is 1440. The molecule has 39 heavy (non-hydrogen) atoms. The molecule has 3 aliphatic rings. The predicted molar refractivity (Wildman–Crippen MR) is 139 cm³/mol. The Kier molecular flexibility index (Phi) is 6.69. The van der Waals surface area contributed by atoms with Crippen molar-refractivity contribution >= 4 is 17.5 Å². The third-order valence-corrected chi connectivity index (χ3v) is 8.04. The van der Waals surface area contributed by atoms with Gasteiger partial charge in [-0.15, -0.1) is 0 Å². The molecule has 204 valence electrons. The first-order valence-electron chi connectivity index (χ1n) is 12.7. The summed E-state index contributed by atoms with van der Waals surface area (Å²) in [5.74, 6) is -6.14. The molecule has 1 unspecified atom stereocenters. The fourth-order valence-corrected chi connectivity index (χ4v) is 6.22. The topological polar surface area (TPSA) is 179 Å². The molecule has 2 aromatic carbocycles. The zero-order chi connectivity index (χ0) is 28.1. The van der Waals surface area contributed by atoms with E-state index in [1.165, 1.54) is 18.7 Å². The summed E-state index contributed by atoms with van der Waals surface area (Å²) in [4.78, 5) is 38.5. The number of rotatable bonds is 7. The average molecular weight is 535 g/mol. The van der Waals surface area contributed by atoms with Crippen molar-refractivity contribution in [1.82, 2.24) is 5.32 Å². The summed E-state index contributed by atoms with van der Waals surface area (Å²) in [6.07, 6.45) is 0.772. The minimum atomic E-state index is -2.59. The molecule has 0 aliphatic heterocycles. The molecular formula is C29H30N2O8. The van der Waals surface area contributed by atoms with E-state index < -0.39 is 52.0 Å². The average Bonchev–Trinajstić information content (AvgIpc) is 2.89. The monoisotopic (exact) mass is 534 g/mol. The van der Waals surface area contributed by atoms with E-state index in [2.05, 4.69) is 5.32 Å². The molecule has 0 radical (unpaired) electrons. The Hall–Kier alpha value is -4.15. The highest BCUT2D eigenvalue weighted by Gasteiger charge is 2.59. The number of phenols is 1. The van der Waals surface area contributed by atoms with Crippen LogP contribution in [0.4, 0.5) is 0 Å². The minimum Gasteiger partial charge on any atom is -0.511 e. The fraction of sp³-hybridized carbons (Fsp3) is 0.345. The fourth-order valence-electron chi connectivity index (χ4n) is 6.22. The van der Waals surface area contributed by atoms with Gasteiger partial charge in [0, 0.05) is 35.6 Å². The number of aromatic hydroxyl groups is 1. The second-order valence-electron chi connectivity index (χ2n) is 10.3. The van der Waals surface area contributed by atoms with Gasteiger partial charge in [0.15, 0.2) is 11.4 Å². The molecule has 10 nitrogen and oxygen atoms in total. The third-order valence-electron chi connectivity index (χ3n) is 8.04. The number of carbonyl (C=O) groups is 3. The van der Waals surface area contributed by atoms with E-state index in [4.69, 9.17) is 10.5 Å². The van der Waals surface area contributed by atoms with Crippen molar-refractivity contribution in [3.8, 4) is 11.5 Å². The number of hydrogen-bond donors (Lipinski definition) is 6. The molecule has 0 saturated carbocycles. The number of aliphatic hydroxyl groups is 3. The van der Waals surface area contributed by atoms with Gasteiger partial charge in [0.1, 0.15) is 28.6 Å². The number of aliphatic hydroxyl groups excluding tert-OH is 2. The van der Waals surface area contributed by atoms with Crippen molar-refractivity contribution in [3.63, 3.8) is 0 Å². The highest BCUT2D eigenvalue weighted by Crippen LogP contribution is 2.52. The van der Waals surface area contributed by atoms with E-state index in [-0.39, 0.29) is 36.1 Å². The smallest absolute Gasteiger partial charge is 0.255 e. The molecule has 10 heteroatoms. The molecule has 0 heterocycles. The van der Waals surface area contributed by atoms with E-state index in [1.54, 1.807) is 0 Å². The quantitative estimate of drug-likeness (QED) is 0.229.